The van der Waals surface area contributed by atoms with Crippen LogP contribution in [0, 0.1) is 6.92 Å². The second-order valence-electron chi connectivity index (χ2n) is 3.49. The molecule has 88 valence electrons. The fourth-order valence-corrected chi connectivity index (χ4v) is 1.29. The van der Waals surface area contributed by atoms with Crippen LogP contribution in [0.25, 0.3) is 0 Å². The summed E-state index contributed by atoms with van der Waals surface area (Å²) in [4.78, 5) is 23.5. The normalized spacial score (nSPS) is 10.2. The molecule has 0 aliphatic rings. The van der Waals surface area contributed by atoms with Crippen molar-refractivity contribution in [3.05, 3.63) is 39.9 Å². The Balaban J connectivity index is 2.30. The molecule has 7 nitrogen and oxygen atoms in total. The second-order valence-corrected chi connectivity index (χ2v) is 3.49. The molecular formula is C10H10N4O3. The second kappa shape index (κ2) is 4.20. The lowest BCUT2D eigenvalue weighted by atomic mass is 10.2. The first-order valence-corrected chi connectivity index (χ1v) is 4.85. The van der Waals surface area contributed by atoms with Gasteiger partial charge in [-0.05, 0) is 24.2 Å². The van der Waals surface area contributed by atoms with E-state index in [0.717, 1.165) is 0 Å². The maximum atomic E-state index is 11.8. The number of nitrogens with one attached hydrogen (secondary N) is 1. The molecule has 0 aliphatic carbocycles. The highest BCUT2D eigenvalue weighted by atomic mass is 16.6. The van der Waals surface area contributed by atoms with Crippen LogP contribution >= 0.6 is 0 Å². The molecule has 0 aliphatic heterocycles. The fraction of sp³-hybridized carbons (Fsp3) is 0.200. The van der Waals surface area contributed by atoms with Crippen LogP contribution in [0.1, 0.15) is 16.1 Å². The molecule has 1 amide bonds. The third-order valence-corrected chi connectivity index (χ3v) is 2.25. The van der Waals surface area contributed by atoms with Gasteiger partial charge in [0.15, 0.2) is 0 Å². The molecule has 0 aromatic carbocycles. The molecule has 17 heavy (non-hydrogen) atoms. The number of nitrogens with zero attached hydrogens (tertiary/aromatic N) is 3. The first-order chi connectivity index (χ1) is 8.09. The van der Waals surface area contributed by atoms with Crippen LogP contribution in [0.2, 0.25) is 0 Å². The monoisotopic (exact) mass is 234 g/mol. The van der Waals surface area contributed by atoms with Gasteiger partial charge in [-0.2, -0.15) is 0 Å². The fourth-order valence-electron chi connectivity index (χ4n) is 1.29. The van der Waals surface area contributed by atoms with Gasteiger partial charge in [0.2, 0.25) is 5.82 Å². The van der Waals surface area contributed by atoms with Crippen molar-refractivity contribution in [2.45, 2.75) is 6.92 Å². The number of hydrogen-bond donors (Lipinski definition) is 1. The summed E-state index contributed by atoms with van der Waals surface area (Å²) in [5, 5.41) is 9.48. The van der Waals surface area contributed by atoms with Crippen molar-refractivity contribution < 1.29 is 9.42 Å². The van der Waals surface area contributed by atoms with Crippen molar-refractivity contribution in [2.24, 2.45) is 7.05 Å². The molecule has 0 saturated carbocycles. The van der Waals surface area contributed by atoms with Crippen molar-refractivity contribution in [3.8, 4) is 0 Å². The summed E-state index contributed by atoms with van der Waals surface area (Å²) in [6.45, 7) is 1.63. The van der Waals surface area contributed by atoms with E-state index in [1.54, 1.807) is 26.2 Å². The maximum absolute atomic E-state index is 11.8. The molecule has 0 bridgehead atoms. The zero-order valence-electron chi connectivity index (χ0n) is 9.30. The summed E-state index contributed by atoms with van der Waals surface area (Å²) in [6.07, 6.45) is 1.57. The van der Waals surface area contributed by atoms with Gasteiger partial charge in [-0.25, -0.2) is 4.63 Å². The third-order valence-electron chi connectivity index (χ3n) is 2.25. The molecule has 0 spiro atoms. The number of carbonyl (C=O) groups is 1. The minimum absolute atomic E-state index is 0.0393. The highest BCUT2D eigenvalue weighted by Gasteiger charge is 2.14. The minimum atomic E-state index is -0.537. The minimum Gasteiger partial charge on any atom is -0.318 e. The van der Waals surface area contributed by atoms with Gasteiger partial charge in [0, 0.05) is 13.2 Å². The van der Waals surface area contributed by atoms with E-state index < -0.39 is 5.91 Å². The van der Waals surface area contributed by atoms with E-state index in [2.05, 4.69) is 20.3 Å². The van der Waals surface area contributed by atoms with Gasteiger partial charge in [0.1, 0.15) is 11.3 Å². The largest absolute Gasteiger partial charge is 0.318 e. The Bertz CT molecular complexity index is 614. The zero-order chi connectivity index (χ0) is 12.4. The zero-order valence-corrected chi connectivity index (χ0v) is 9.30. The Morgan fingerprint density at radius 2 is 2.24 bits per heavy atom. The number of carbonyl (C=O) groups excluding carboxylic acids is 1. The van der Waals surface area contributed by atoms with Crippen LogP contribution in [-0.4, -0.2) is 20.8 Å². The summed E-state index contributed by atoms with van der Waals surface area (Å²) in [6, 6.07) is 3.06. The first kappa shape index (κ1) is 11.1. The Kier molecular flexibility index (Phi) is 2.73. The number of aryl methyl sites for hydroxylation is 2. The summed E-state index contributed by atoms with van der Waals surface area (Å²) >= 11 is 0. The maximum Gasteiger partial charge on any atom is 0.263 e. The molecule has 2 aromatic heterocycles. The molecular weight excluding hydrogens is 224 g/mol. The van der Waals surface area contributed by atoms with Gasteiger partial charge < -0.3 is 9.88 Å². The molecule has 0 saturated heterocycles. The van der Waals surface area contributed by atoms with Crippen LogP contribution in [0.3, 0.4) is 0 Å². The Hall–Kier alpha value is -2.44. The van der Waals surface area contributed by atoms with E-state index >= 15 is 0 Å². The number of pyridine rings is 1. The van der Waals surface area contributed by atoms with E-state index in [1.807, 2.05) is 0 Å². The Morgan fingerprint density at radius 1 is 1.47 bits per heavy atom. The van der Waals surface area contributed by atoms with E-state index in [0.29, 0.717) is 5.69 Å². The highest BCUT2D eigenvalue weighted by molar-refractivity contribution is 6.03. The van der Waals surface area contributed by atoms with Crippen LogP contribution in [0.5, 0.6) is 0 Å². The third kappa shape index (κ3) is 2.07. The molecule has 0 atom stereocenters. The summed E-state index contributed by atoms with van der Waals surface area (Å²) < 4.78 is 5.76. The number of anilines is 1. The van der Waals surface area contributed by atoms with Gasteiger partial charge in [-0.15, -0.1) is 0 Å². The highest BCUT2D eigenvalue weighted by Crippen LogP contribution is 2.08. The van der Waals surface area contributed by atoms with Crippen molar-refractivity contribution in [3.63, 3.8) is 0 Å². The molecule has 0 fully saturated rings. The Morgan fingerprint density at radius 3 is 2.88 bits per heavy atom. The topological polar surface area (TPSA) is 90.0 Å². The van der Waals surface area contributed by atoms with E-state index in [4.69, 9.17) is 0 Å². The SMILES string of the molecule is Cc1nonc1NC(=O)c1cccn(C)c1=O. The molecule has 2 aromatic rings. The average molecular weight is 234 g/mol. The predicted molar refractivity (Wildman–Crippen MR) is 58.7 cm³/mol. The number of amides is 1. The number of rotatable bonds is 2. The lowest BCUT2D eigenvalue weighted by Gasteiger charge is -2.02. The van der Waals surface area contributed by atoms with Gasteiger partial charge in [-0.1, -0.05) is 5.16 Å². The van der Waals surface area contributed by atoms with Crippen LogP contribution < -0.4 is 10.9 Å². The van der Waals surface area contributed by atoms with E-state index in [9.17, 15) is 9.59 Å². The molecule has 1 N–H and O–H groups in total. The molecule has 0 radical (unpaired) electrons. The van der Waals surface area contributed by atoms with Gasteiger partial charge in [-0.3, -0.25) is 9.59 Å². The molecule has 2 rings (SSSR count). The van der Waals surface area contributed by atoms with Crippen molar-refractivity contribution in [2.75, 3.05) is 5.32 Å². The van der Waals surface area contributed by atoms with Gasteiger partial charge in [0.05, 0.1) is 0 Å². The van der Waals surface area contributed by atoms with Crippen molar-refractivity contribution in [1.29, 1.82) is 0 Å². The summed E-state index contributed by atoms with van der Waals surface area (Å²) in [5.74, 6) is -0.328. The smallest absolute Gasteiger partial charge is 0.263 e. The van der Waals surface area contributed by atoms with Crippen LogP contribution in [-0.2, 0) is 7.05 Å². The average Bonchev–Trinajstić information content (AvgIpc) is 2.68. The summed E-state index contributed by atoms with van der Waals surface area (Å²) in [5.41, 5.74) is 0.114. The van der Waals surface area contributed by atoms with Gasteiger partial charge in [0.25, 0.3) is 11.5 Å². The van der Waals surface area contributed by atoms with Crippen molar-refractivity contribution >= 4 is 11.7 Å². The lowest BCUT2D eigenvalue weighted by molar-refractivity contribution is 0.102. The molecule has 0 unspecified atom stereocenters. The standard InChI is InChI=1S/C10H10N4O3/c1-6-8(13-17-12-6)11-9(15)7-4-3-5-14(2)10(7)16/h3-5H,1-2H3,(H,11,13,15). The van der Waals surface area contributed by atoms with Crippen LogP contribution in [0.4, 0.5) is 5.82 Å². The molecule has 7 heteroatoms. The predicted octanol–water partition coefficient (Wildman–Crippen LogP) is 0.329. The summed E-state index contributed by atoms with van der Waals surface area (Å²) in [7, 11) is 1.57. The number of hydrogen-bond acceptors (Lipinski definition) is 5. The lowest BCUT2D eigenvalue weighted by Crippen LogP contribution is -2.27. The van der Waals surface area contributed by atoms with Gasteiger partial charge >= 0.3 is 0 Å². The first-order valence-electron chi connectivity index (χ1n) is 4.85. The van der Waals surface area contributed by atoms with E-state index in [1.165, 1.54) is 10.6 Å². The quantitative estimate of drug-likeness (QED) is 0.808. The van der Waals surface area contributed by atoms with Crippen molar-refractivity contribution in [1.82, 2.24) is 14.9 Å². The van der Waals surface area contributed by atoms with E-state index in [-0.39, 0.29) is 16.9 Å². The van der Waals surface area contributed by atoms with Crippen LogP contribution in [0.15, 0.2) is 27.8 Å². The number of aromatic nitrogens is 3. The molecule has 2 heterocycles. The Labute approximate surface area is 96.0 Å².